The number of hydrogen-bond acceptors (Lipinski definition) is 2. The second-order valence-corrected chi connectivity index (χ2v) is 6.74. The quantitative estimate of drug-likeness (QED) is 0.851. The van der Waals surface area contributed by atoms with Crippen molar-refractivity contribution >= 4 is 11.0 Å². The number of hydrogen-bond donors (Lipinski definition) is 1. The molecule has 0 radical (unpaired) electrons. The first-order valence-corrected chi connectivity index (χ1v) is 7.20. The maximum atomic E-state index is 6.08. The maximum Gasteiger partial charge on any atom is 0.113 e. The zero-order valence-electron chi connectivity index (χ0n) is 12.1. The molecule has 1 aromatic heterocycles. The molecule has 0 spiro atoms. The van der Waals surface area contributed by atoms with Crippen LogP contribution in [-0.4, -0.2) is 15.6 Å². The Labute approximate surface area is 114 Å². The molecule has 1 aliphatic rings. The Morgan fingerprint density at radius 1 is 1.21 bits per heavy atom. The maximum absolute atomic E-state index is 6.08. The lowest BCUT2D eigenvalue weighted by Crippen LogP contribution is -2.25. The lowest BCUT2D eigenvalue weighted by atomic mass is 10.0. The van der Waals surface area contributed by atoms with Gasteiger partial charge in [-0.25, -0.2) is 4.98 Å². The van der Waals surface area contributed by atoms with Crippen molar-refractivity contribution in [3.8, 4) is 0 Å². The van der Waals surface area contributed by atoms with Gasteiger partial charge in [0.05, 0.1) is 11.0 Å². The second kappa shape index (κ2) is 4.34. The summed E-state index contributed by atoms with van der Waals surface area (Å²) in [6.45, 7) is 6.75. The van der Waals surface area contributed by atoms with E-state index in [1.807, 2.05) is 0 Å². The summed E-state index contributed by atoms with van der Waals surface area (Å²) in [6, 6.07) is 8.78. The SMILES string of the molecule is CC(C)(C)n1c([C@@H]2CC[C@H](N)C2)nc2ccccc21. The zero-order valence-corrected chi connectivity index (χ0v) is 12.1. The Morgan fingerprint density at radius 3 is 2.58 bits per heavy atom. The van der Waals surface area contributed by atoms with Crippen LogP contribution in [0.3, 0.4) is 0 Å². The molecular weight excluding hydrogens is 234 g/mol. The Kier molecular flexibility index (Phi) is 2.90. The number of aromatic nitrogens is 2. The van der Waals surface area contributed by atoms with Crippen LogP contribution in [0.1, 0.15) is 51.8 Å². The molecule has 0 saturated heterocycles. The van der Waals surface area contributed by atoms with E-state index < -0.39 is 0 Å². The predicted molar refractivity (Wildman–Crippen MR) is 79.3 cm³/mol. The van der Waals surface area contributed by atoms with E-state index in [2.05, 4.69) is 49.6 Å². The monoisotopic (exact) mass is 257 g/mol. The summed E-state index contributed by atoms with van der Waals surface area (Å²) in [5, 5.41) is 0. The van der Waals surface area contributed by atoms with Gasteiger partial charge in [0.15, 0.2) is 0 Å². The van der Waals surface area contributed by atoms with Gasteiger partial charge in [-0.05, 0) is 52.2 Å². The van der Waals surface area contributed by atoms with E-state index in [0.717, 1.165) is 18.4 Å². The van der Waals surface area contributed by atoms with Crippen molar-refractivity contribution in [2.75, 3.05) is 0 Å². The van der Waals surface area contributed by atoms with Crippen LogP contribution in [0, 0.1) is 0 Å². The molecule has 0 amide bonds. The van der Waals surface area contributed by atoms with Crippen LogP contribution in [0.15, 0.2) is 24.3 Å². The Balaban J connectivity index is 2.18. The average Bonchev–Trinajstić information content (AvgIpc) is 2.90. The van der Waals surface area contributed by atoms with Gasteiger partial charge in [-0.2, -0.15) is 0 Å². The summed E-state index contributed by atoms with van der Waals surface area (Å²) < 4.78 is 2.41. The smallest absolute Gasteiger partial charge is 0.113 e. The molecule has 2 N–H and O–H groups in total. The molecule has 2 aromatic rings. The van der Waals surface area contributed by atoms with E-state index in [1.165, 1.54) is 17.8 Å². The van der Waals surface area contributed by atoms with E-state index in [0.29, 0.717) is 12.0 Å². The van der Waals surface area contributed by atoms with Gasteiger partial charge >= 0.3 is 0 Å². The Bertz CT molecular complexity index is 592. The molecule has 102 valence electrons. The fourth-order valence-corrected chi connectivity index (χ4v) is 3.27. The number of nitrogens with two attached hydrogens (primary N) is 1. The first-order valence-electron chi connectivity index (χ1n) is 7.20. The summed E-state index contributed by atoms with van der Waals surface area (Å²) in [5.74, 6) is 1.74. The van der Waals surface area contributed by atoms with Crippen LogP contribution < -0.4 is 5.73 Å². The van der Waals surface area contributed by atoms with Gasteiger partial charge in [-0.1, -0.05) is 12.1 Å². The minimum absolute atomic E-state index is 0.0537. The first kappa shape index (κ1) is 12.7. The highest BCUT2D eigenvalue weighted by Gasteiger charge is 2.30. The number of benzene rings is 1. The van der Waals surface area contributed by atoms with Gasteiger partial charge in [-0.15, -0.1) is 0 Å². The molecule has 1 saturated carbocycles. The summed E-state index contributed by atoms with van der Waals surface area (Å²) >= 11 is 0. The van der Waals surface area contributed by atoms with Crippen LogP contribution >= 0.6 is 0 Å². The lowest BCUT2D eigenvalue weighted by Gasteiger charge is -2.26. The fraction of sp³-hybridized carbons (Fsp3) is 0.562. The van der Waals surface area contributed by atoms with E-state index in [-0.39, 0.29) is 5.54 Å². The normalized spacial score (nSPS) is 24.2. The van der Waals surface area contributed by atoms with Crippen molar-refractivity contribution in [3.63, 3.8) is 0 Å². The van der Waals surface area contributed by atoms with Gasteiger partial charge in [-0.3, -0.25) is 0 Å². The molecule has 3 heteroatoms. The van der Waals surface area contributed by atoms with Crippen LogP contribution in [0.2, 0.25) is 0 Å². The third-order valence-electron chi connectivity index (χ3n) is 4.10. The molecule has 1 aliphatic carbocycles. The minimum Gasteiger partial charge on any atom is -0.328 e. The summed E-state index contributed by atoms with van der Waals surface area (Å²) in [6.07, 6.45) is 3.36. The largest absolute Gasteiger partial charge is 0.328 e. The molecule has 2 atom stereocenters. The molecule has 19 heavy (non-hydrogen) atoms. The molecule has 1 aromatic carbocycles. The molecule has 3 rings (SSSR count). The Hall–Kier alpha value is -1.35. The van der Waals surface area contributed by atoms with Crippen LogP contribution in [0.25, 0.3) is 11.0 Å². The first-order chi connectivity index (χ1) is 8.97. The van der Waals surface area contributed by atoms with E-state index in [1.54, 1.807) is 0 Å². The molecule has 0 aliphatic heterocycles. The summed E-state index contributed by atoms with van der Waals surface area (Å²) in [5.41, 5.74) is 8.48. The molecular formula is C16H23N3. The zero-order chi connectivity index (χ0) is 13.6. The summed E-state index contributed by atoms with van der Waals surface area (Å²) in [7, 11) is 0. The number of fused-ring (bicyclic) bond motifs is 1. The number of rotatable bonds is 1. The molecule has 0 unspecified atom stereocenters. The highest BCUT2D eigenvalue weighted by Crippen LogP contribution is 2.37. The van der Waals surface area contributed by atoms with Gasteiger partial charge in [0.25, 0.3) is 0 Å². The van der Waals surface area contributed by atoms with Crippen molar-refractivity contribution in [2.45, 2.75) is 57.5 Å². The molecule has 1 fully saturated rings. The average molecular weight is 257 g/mol. The van der Waals surface area contributed by atoms with Gasteiger partial charge in [0.1, 0.15) is 5.82 Å². The third kappa shape index (κ3) is 2.16. The minimum atomic E-state index is 0.0537. The van der Waals surface area contributed by atoms with Crippen LogP contribution in [0.4, 0.5) is 0 Å². The van der Waals surface area contributed by atoms with Gasteiger partial charge in [0.2, 0.25) is 0 Å². The van der Waals surface area contributed by atoms with Crippen molar-refractivity contribution in [1.82, 2.24) is 9.55 Å². The molecule has 1 heterocycles. The van der Waals surface area contributed by atoms with Crippen molar-refractivity contribution in [3.05, 3.63) is 30.1 Å². The van der Waals surface area contributed by atoms with E-state index >= 15 is 0 Å². The number of para-hydroxylation sites is 2. The van der Waals surface area contributed by atoms with Crippen LogP contribution in [-0.2, 0) is 5.54 Å². The number of imidazole rings is 1. The van der Waals surface area contributed by atoms with Crippen LogP contribution in [0.5, 0.6) is 0 Å². The van der Waals surface area contributed by atoms with Crippen molar-refractivity contribution in [2.24, 2.45) is 5.73 Å². The van der Waals surface area contributed by atoms with E-state index in [4.69, 9.17) is 10.7 Å². The molecule has 0 bridgehead atoms. The Morgan fingerprint density at radius 2 is 1.95 bits per heavy atom. The third-order valence-corrected chi connectivity index (χ3v) is 4.10. The van der Waals surface area contributed by atoms with Crippen molar-refractivity contribution < 1.29 is 0 Å². The van der Waals surface area contributed by atoms with Gasteiger partial charge < -0.3 is 10.3 Å². The highest BCUT2D eigenvalue weighted by molar-refractivity contribution is 5.76. The fourth-order valence-electron chi connectivity index (χ4n) is 3.27. The molecule has 3 nitrogen and oxygen atoms in total. The summed E-state index contributed by atoms with van der Waals surface area (Å²) in [4.78, 5) is 4.90. The number of nitrogens with zero attached hydrogens (tertiary/aromatic N) is 2. The standard InChI is InChI=1S/C16H23N3/c1-16(2,3)19-14-7-5-4-6-13(14)18-15(19)11-8-9-12(17)10-11/h4-7,11-12H,8-10,17H2,1-3H3/t11-,12+/m1/s1. The lowest BCUT2D eigenvalue weighted by molar-refractivity contribution is 0.382. The van der Waals surface area contributed by atoms with Gasteiger partial charge in [0, 0.05) is 17.5 Å². The van der Waals surface area contributed by atoms with Crippen molar-refractivity contribution in [1.29, 1.82) is 0 Å². The van der Waals surface area contributed by atoms with E-state index in [9.17, 15) is 0 Å². The topological polar surface area (TPSA) is 43.8 Å². The predicted octanol–water partition coefficient (Wildman–Crippen LogP) is 3.39. The second-order valence-electron chi connectivity index (χ2n) is 6.74. The highest BCUT2D eigenvalue weighted by atomic mass is 15.1.